The second-order valence-corrected chi connectivity index (χ2v) is 6.48. The van der Waals surface area contributed by atoms with Gasteiger partial charge in [0.2, 0.25) is 0 Å². The largest absolute Gasteiger partial charge is 0.491 e. The highest BCUT2D eigenvalue weighted by molar-refractivity contribution is 6.55. The Morgan fingerprint density at radius 3 is 2.26 bits per heavy atom. The highest BCUT2D eigenvalue weighted by atomic mass is 19.1. The summed E-state index contributed by atoms with van der Waals surface area (Å²) < 4.78 is 39.4. The maximum atomic E-state index is 14.0. The van der Waals surface area contributed by atoms with Crippen LogP contribution in [0.1, 0.15) is 38.8 Å². The molecule has 2 N–H and O–H groups in total. The van der Waals surface area contributed by atoms with Crippen LogP contribution in [0.4, 0.5) is 8.78 Å². The first-order valence-electron chi connectivity index (χ1n) is 7.26. The van der Waals surface area contributed by atoms with Crippen molar-refractivity contribution in [2.75, 3.05) is 6.54 Å². The minimum atomic E-state index is -0.787. The monoisotopic (exact) mass is 320 g/mol. The molecule has 1 aliphatic rings. The van der Waals surface area contributed by atoms with Crippen molar-refractivity contribution < 1.29 is 18.1 Å². The van der Waals surface area contributed by atoms with Gasteiger partial charge in [0.1, 0.15) is 17.7 Å². The lowest BCUT2D eigenvalue weighted by Gasteiger charge is -2.32. The van der Waals surface area contributed by atoms with Gasteiger partial charge in [0.25, 0.3) is 0 Å². The maximum Gasteiger partial charge on any atom is 0.491 e. The van der Waals surface area contributed by atoms with Crippen LogP contribution in [0.2, 0.25) is 0 Å². The van der Waals surface area contributed by atoms with Crippen molar-refractivity contribution in [1.82, 2.24) is 0 Å². The molecule has 0 radical (unpaired) electrons. The first-order chi connectivity index (χ1) is 10.6. The third-order valence-corrected chi connectivity index (χ3v) is 4.34. The topological polar surface area (TPSA) is 68.3 Å². The number of hydrogen-bond donors (Lipinski definition) is 1. The van der Waals surface area contributed by atoms with Crippen LogP contribution < -0.4 is 5.73 Å². The van der Waals surface area contributed by atoms with E-state index in [1.807, 2.05) is 27.7 Å². The van der Waals surface area contributed by atoms with E-state index >= 15 is 0 Å². The molecule has 0 amide bonds. The third kappa shape index (κ3) is 3.30. The molecule has 122 valence electrons. The zero-order valence-electron chi connectivity index (χ0n) is 13.6. The molecule has 1 heterocycles. The summed E-state index contributed by atoms with van der Waals surface area (Å²) in [7, 11) is -0.733. The number of nitrogens with two attached hydrogens (primary N) is 1. The molecule has 1 aliphatic heterocycles. The van der Waals surface area contributed by atoms with E-state index in [1.165, 1.54) is 6.08 Å². The Labute approximate surface area is 135 Å². The van der Waals surface area contributed by atoms with Gasteiger partial charge < -0.3 is 15.0 Å². The average molecular weight is 320 g/mol. The summed E-state index contributed by atoms with van der Waals surface area (Å²) in [6, 6.07) is 3.43. The number of rotatable bonds is 3. The summed E-state index contributed by atoms with van der Waals surface area (Å²) >= 11 is 0. The smallest absolute Gasteiger partial charge is 0.400 e. The molecular weight excluding hydrogens is 301 g/mol. The van der Waals surface area contributed by atoms with Crippen molar-refractivity contribution in [2.45, 2.75) is 38.9 Å². The summed E-state index contributed by atoms with van der Waals surface area (Å²) in [6.45, 7) is 7.64. The first kappa shape index (κ1) is 17.6. The van der Waals surface area contributed by atoms with E-state index in [0.717, 1.165) is 12.1 Å². The van der Waals surface area contributed by atoms with Gasteiger partial charge in [-0.1, -0.05) is 6.08 Å². The quantitative estimate of drug-likeness (QED) is 0.870. The Balaban J connectivity index is 2.38. The normalized spacial score (nSPS) is 19.7. The average Bonchev–Trinajstić information content (AvgIpc) is 2.67. The van der Waals surface area contributed by atoms with Gasteiger partial charge in [0.05, 0.1) is 16.8 Å². The Hall–Kier alpha value is -1.75. The summed E-state index contributed by atoms with van der Waals surface area (Å²) in [5, 5.41) is 8.72. The van der Waals surface area contributed by atoms with E-state index < -0.39 is 30.0 Å². The molecule has 1 fully saturated rings. The fourth-order valence-corrected chi connectivity index (χ4v) is 2.18. The molecule has 0 aliphatic carbocycles. The van der Waals surface area contributed by atoms with Crippen LogP contribution in [0.25, 0.3) is 6.08 Å². The van der Waals surface area contributed by atoms with Crippen LogP contribution in [0.5, 0.6) is 0 Å². The molecule has 0 bridgehead atoms. The lowest BCUT2D eigenvalue weighted by atomic mass is 9.77. The highest BCUT2D eigenvalue weighted by Gasteiger charge is 2.52. The Morgan fingerprint density at radius 2 is 1.78 bits per heavy atom. The standard InChI is InChI=1S/C16H19BF2N2O2/c1-15(2)16(3,4)23-17(22-15)12(9-21)5-10-6-14(19)11(8-20)7-13(10)18/h5-7H,9,21H2,1-4H3. The minimum Gasteiger partial charge on any atom is -0.400 e. The molecule has 2 rings (SSSR count). The van der Waals surface area contributed by atoms with Crippen molar-refractivity contribution in [3.8, 4) is 6.07 Å². The number of nitriles is 1. The van der Waals surface area contributed by atoms with Crippen LogP contribution in [0.15, 0.2) is 17.6 Å². The molecule has 1 aromatic rings. The van der Waals surface area contributed by atoms with Gasteiger partial charge in [-0.2, -0.15) is 5.26 Å². The van der Waals surface area contributed by atoms with Gasteiger partial charge >= 0.3 is 7.12 Å². The Kier molecular flexibility index (Phi) is 4.63. The van der Waals surface area contributed by atoms with Crippen molar-refractivity contribution in [2.24, 2.45) is 5.73 Å². The lowest BCUT2D eigenvalue weighted by Crippen LogP contribution is -2.41. The molecule has 7 heteroatoms. The molecule has 0 aromatic heterocycles. The van der Waals surface area contributed by atoms with E-state index in [0.29, 0.717) is 5.47 Å². The van der Waals surface area contributed by atoms with Gasteiger partial charge in [-0.3, -0.25) is 0 Å². The number of benzene rings is 1. The zero-order valence-corrected chi connectivity index (χ0v) is 13.6. The third-order valence-electron chi connectivity index (χ3n) is 4.34. The van der Waals surface area contributed by atoms with Gasteiger partial charge in [-0.15, -0.1) is 0 Å². The van der Waals surface area contributed by atoms with E-state index in [-0.39, 0.29) is 17.7 Å². The van der Waals surface area contributed by atoms with Crippen LogP contribution in [0.3, 0.4) is 0 Å². The Bertz CT molecular complexity index is 680. The van der Waals surface area contributed by atoms with E-state index in [4.69, 9.17) is 20.3 Å². The molecule has 1 aromatic carbocycles. The minimum absolute atomic E-state index is 0.00309. The number of nitrogens with zero attached hydrogens (tertiary/aromatic N) is 1. The molecular formula is C16H19BF2N2O2. The van der Waals surface area contributed by atoms with Crippen molar-refractivity contribution in [3.63, 3.8) is 0 Å². The predicted molar refractivity (Wildman–Crippen MR) is 84.2 cm³/mol. The SMILES string of the molecule is CC1(C)OB(C(=Cc2cc(F)c(C#N)cc2F)CN)OC1(C)C. The number of hydrogen-bond acceptors (Lipinski definition) is 4. The highest BCUT2D eigenvalue weighted by Crippen LogP contribution is 2.38. The Morgan fingerprint density at radius 1 is 1.22 bits per heavy atom. The van der Waals surface area contributed by atoms with Crippen molar-refractivity contribution >= 4 is 13.2 Å². The second-order valence-electron chi connectivity index (χ2n) is 6.48. The van der Waals surface area contributed by atoms with E-state index in [2.05, 4.69) is 0 Å². The maximum absolute atomic E-state index is 14.0. The molecule has 0 atom stereocenters. The molecule has 0 saturated carbocycles. The van der Waals surface area contributed by atoms with Crippen LogP contribution in [-0.2, 0) is 9.31 Å². The molecule has 4 nitrogen and oxygen atoms in total. The van der Waals surface area contributed by atoms with Gasteiger partial charge in [0, 0.05) is 12.1 Å². The van der Waals surface area contributed by atoms with Crippen LogP contribution in [-0.4, -0.2) is 24.9 Å². The van der Waals surface area contributed by atoms with Crippen molar-refractivity contribution in [1.29, 1.82) is 5.26 Å². The summed E-state index contributed by atoms with van der Waals surface area (Å²) in [6.07, 6.45) is 1.40. The molecule has 1 saturated heterocycles. The lowest BCUT2D eigenvalue weighted by molar-refractivity contribution is 0.00578. The molecule has 23 heavy (non-hydrogen) atoms. The number of halogens is 2. The van der Waals surface area contributed by atoms with E-state index in [9.17, 15) is 8.78 Å². The van der Waals surface area contributed by atoms with Crippen molar-refractivity contribution in [3.05, 3.63) is 40.4 Å². The van der Waals surface area contributed by atoms with Gasteiger partial charge in [-0.05, 0) is 45.3 Å². The van der Waals surface area contributed by atoms with Gasteiger partial charge in [0.15, 0.2) is 0 Å². The second kappa shape index (κ2) is 6.04. The molecule has 0 spiro atoms. The fourth-order valence-electron chi connectivity index (χ4n) is 2.18. The molecule has 0 unspecified atom stereocenters. The van der Waals surface area contributed by atoms with Crippen LogP contribution >= 0.6 is 0 Å². The van der Waals surface area contributed by atoms with Crippen LogP contribution in [0, 0.1) is 23.0 Å². The summed E-state index contributed by atoms with van der Waals surface area (Å²) in [5.41, 5.74) is 4.76. The predicted octanol–water partition coefficient (Wildman–Crippen LogP) is 2.81. The first-order valence-corrected chi connectivity index (χ1v) is 7.26. The van der Waals surface area contributed by atoms with Gasteiger partial charge in [-0.25, -0.2) is 8.78 Å². The zero-order chi connectivity index (χ0) is 17.4. The summed E-state index contributed by atoms with van der Waals surface area (Å²) in [4.78, 5) is 0. The fraction of sp³-hybridized carbons (Fsp3) is 0.438. The van der Waals surface area contributed by atoms with E-state index in [1.54, 1.807) is 6.07 Å². The summed E-state index contributed by atoms with van der Waals surface area (Å²) in [5.74, 6) is -1.49.